The molecule has 9 heteroatoms. The first-order valence-electron chi connectivity index (χ1n) is 14.8. The first kappa shape index (κ1) is 27.8. The van der Waals surface area contributed by atoms with Crippen molar-refractivity contribution in [1.29, 1.82) is 0 Å². The molecule has 0 aromatic heterocycles. The highest BCUT2D eigenvalue weighted by Crippen LogP contribution is 2.44. The number of hydrogen-bond donors (Lipinski definition) is 1. The van der Waals surface area contributed by atoms with Crippen LogP contribution in [-0.2, 0) is 19.4 Å². The third kappa shape index (κ3) is 5.88. The molecule has 5 aliphatic rings. The predicted molar refractivity (Wildman–Crippen MR) is 149 cm³/mol. The zero-order valence-electron chi connectivity index (χ0n) is 22.9. The molecule has 37 heavy (non-hydrogen) atoms. The molecule has 210 valence electrons. The Labute approximate surface area is 228 Å². The van der Waals surface area contributed by atoms with Gasteiger partial charge in [-0.3, -0.25) is 14.9 Å². The molecule has 3 aliphatic carbocycles. The Kier molecular flexibility index (Phi) is 8.52. The van der Waals surface area contributed by atoms with Crippen LogP contribution in [0.25, 0.3) is 0 Å². The number of carbonyl (C=O) groups is 2. The number of fused-ring (bicyclic) bond motifs is 1. The Morgan fingerprint density at radius 2 is 1.54 bits per heavy atom. The van der Waals surface area contributed by atoms with Crippen LogP contribution in [0.15, 0.2) is 0 Å². The van der Waals surface area contributed by atoms with Crippen molar-refractivity contribution in [1.82, 2.24) is 15.1 Å². The van der Waals surface area contributed by atoms with Gasteiger partial charge in [-0.2, -0.15) is 0 Å². The predicted octanol–water partition coefficient (Wildman–Crippen LogP) is 3.82. The van der Waals surface area contributed by atoms with Crippen LogP contribution < -0.4 is 5.32 Å². The smallest absolute Gasteiger partial charge is 0.240 e. The van der Waals surface area contributed by atoms with Crippen molar-refractivity contribution >= 4 is 33.4 Å². The monoisotopic (exact) mass is 553 g/mol. The van der Waals surface area contributed by atoms with E-state index >= 15 is 0 Å². The molecule has 2 saturated heterocycles. The van der Waals surface area contributed by atoms with Crippen molar-refractivity contribution in [3.05, 3.63) is 0 Å². The molecule has 0 aromatic rings. The van der Waals surface area contributed by atoms with E-state index in [1.807, 2.05) is 11.8 Å². The number of thioether (sulfide) groups is 1. The minimum atomic E-state index is -2.97. The summed E-state index contributed by atoms with van der Waals surface area (Å²) in [6.45, 7) is 4.38. The second-order valence-corrected chi connectivity index (χ2v) is 16.2. The standard InChI is InChI=1S/C28H47N3O4S2/c1-18-16-30(28(33)24-17-36-27(29-24)21-7-5-4-6-8-21)26-15-22(11-14-25(26)31(18)19(2)32)20-9-12-23(13-10-20)37(3,34)35/h18,20-27,29H,4-17H2,1-3H3/t18-,20?,22?,23?,24?,25?,26?,27?/m0/s1. The van der Waals surface area contributed by atoms with E-state index in [1.165, 1.54) is 38.4 Å². The third-order valence-electron chi connectivity index (χ3n) is 10.3. The first-order chi connectivity index (χ1) is 17.6. The fourth-order valence-electron chi connectivity index (χ4n) is 8.42. The van der Waals surface area contributed by atoms with E-state index in [1.54, 1.807) is 6.92 Å². The molecule has 0 radical (unpaired) electrons. The van der Waals surface area contributed by atoms with E-state index in [9.17, 15) is 18.0 Å². The number of sulfone groups is 1. The van der Waals surface area contributed by atoms with Gasteiger partial charge in [-0.25, -0.2) is 8.42 Å². The highest BCUT2D eigenvalue weighted by atomic mass is 32.2. The van der Waals surface area contributed by atoms with Gasteiger partial charge in [0.15, 0.2) is 0 Å². The Balaban J connectivity index is 1.28. The van der Waals surface area contributed by atoms with Crippen molar-refractivity contribution in [3.63, 3.8) is 0 Å². The molecule has 2 amide bonds. The Hall–Kier alpha value is -0.800. The SMILES string of the molecule is CC(=O)N1C2CCC(C3CCC(S(C)(=O)=O)CC3)CC2N(C(=O)C2CSC(C3CCCCC3)N2)C[C@@H]1C. The van der Waals surface area contributed by atoms with E-state index in [2.05, 4.69) is 22.0 Å². The lowest BCUT2D eigenvalue weighted by Crippen LogP contribution is -2.68. The molecule has 5 rings (SSSR count). The molecule has 7 nitrogen and oxygen atoms in total. The molecule has 0 spiro atoms. The number of rotatable bonds is 4. The average Bonchev–Trinajstić information content (AvgIpc) is 3.38. The van der Waals surface area contributed by atoms with Crippen LogP contribution in [0.2, 0.25) is 0 Å². The summed E-state index contributed by atoms with van der Waals surface area (Å²) in [6, 6.07) is 0.0726. The van der Waals surface area contributed by atoms with Crippen molar-refractivity contribution in [2.75, 3.05) is 18.6 Å². The quantitative estimate of drug-likeness (QED) is 0.570. The van der Waals surface area contributed by atoms with Crippen LogP contribution in [0.1, 0.15) is 90.9 Å². The third-order valence-corrected chi connectivity index (χ3v) is 13.4. The van der Waals surface area contributed by atoms with Crippen molar-refractivity contribution in [3.8, 4) is 0 Å². The van der Waals surface area contributed by atoms with Crippen LogP contribution in [0.3, 0.4) is 0 Å². The largest absolute Gasteiger partial charge is 0.334 e. The molecule has 0 bridgehead atoms. The number of carbonyl (C=O) groups excluding carboxylic acids is 2. The van der Waals surface area contributed by atoms with Gasteiger partial charge in [0.2, 0.25) is 11.8 Å². The van der Waals surface area contributed by atoms with Gasteiger partial charge in [-0.15, -0.1) is 11.8 Å². The zero-order valence-corrected chi connectivity index (χ0v) is 24.6. The van der Waals surface area contributed by atoms with Crippen LogP contribution in [0.5, 0.6) is 0 Å². The van der Waals surface area contributed by atoms with Gasteiger partial charge >= 0.3 is 0 Å². The second kappa shape index (κ2) is 11.4. The number of piperazine rings is 1. The molecule has 2 aliphatic heterocycles. The average molecular weight is 554 g/mol. The van der Waals surface area contributed by atoms with Crippen LogP contribution in [0, 0.1) is 17.8 Å². The van der Waals surface area contributed by atoms with Gasteiger partial charge in [-0.05, 0) is 82.5 Å². The zero-order chi connectivity index (χ0) is 26.3. The molecule has 5 fully saturated rings. The minimum Gasteiger partial charge on any atom is -0.334 e. The number of amides is 2. The summed E-state index contributed by atoms with van der Waals surface area (Å²) in [7, 11) is -2.97. The van der Waals surface area contributed by atoms with Crippen LogP contribution in [-0.4, -0.2) is 83.4 Å². The summed E-state index contributed by atoms with van der Waals surface area (Å²) in [4.78, 5) is 30.9. The minimum absolute atomic E-state index is 0.0349. The van der Waals surface area contributed by atoms with Crippen LogP contribution in [0.4, 0.5) is 0 Å². The molecular weight excluding hydrogens is 506 g/mol. The van der Waals surface area contributed by atoms with Gasteiger partial charge in [0.1, 0.15) is 9.84 Å². The summed E-state index contributed by atoms with van der Waals surface area (Å²) in [5.74, 6) is 2.90. The lowest BCUT2D eigenvalue weighted by Gasteiger charge is -2.55. The molecule has 5 unspecified atom stereocenters. The van der Waals surface area contributed by atoms with Gasteiger partial charge in [0.05, 0.1) is 28.7 Å². The van der Waals surface area contributed by atoms with Gasteiger partial charge in [-0.1, -0.05) is 19.3 Å². The highest BCUT2D eigenvalue weighted by Gasteiger charge is 2.49. The van der Waals surface area contributed by atoms with Crippen molar-refractivity contribution < 1.29 is 18.0 Å². The lowest BCUT2D eigenvalue weighted by atomic mass is 9.69. The number of hydrogen-bond acceptors (Lipinski definition) is 6. The van der Waals surface area contributed by atoms with Crippen molar-refractivity contribution in [2.24, 2.45) is 17.8 Å². The maximum Gasteiger partial charge on any atom is 0.240 e. The maximum atomic E-state index is 14.0. The summed E-state index contributed by atoms with van der Waals surface area (Å²) in [6.07, 6.45) is 14.3. The summed E-state index contributed by atoms with van der Waals surface area (Å²) >= 11 is 1.94. The summed E-state index contributed by atoms with van der Waals surface area (Å²) < 4.78 is 24.1. The Bertz CT molecular complexity index is 945. The normalized spacial score (nSPS) is 39.9. The lowest BCUT2D eigenvalue weighted by molar-refractivity contribution is -0.155. The molecule has 3 saturated carbocycles. The summed E-state index contributed by atoms with van der Waals surface area (Å²) in [5, 5.41) is 3.93. The fraction of sp³-hybridized carbons (Fsp3) is 0.929. The fourth-order valence-corrected chi connectivity index (χ4v) is 11.0. The number of nitrogens with one attached hydrogen (secondary N) is 1. The topological polar surface area (TPSA) is 86.8 Å². The maximum absolute atomic E-state index is 14.0. The first-order valence-corrected chi connectivity index (χ1v) is 17.8. The van der Waals surface area contributed by atoms with Gasteiger partial charge < -0.3 is 9.80 Å². The van der Waals surface area contributed by atoms with Crippen molar-refractivity contribution in [2.45, 2.75) is 126 Å². The van der Waals surface area contributed by atoms with E-state index < -0.39 is 9.84 Å². The van der Waals surface area contributed by atoms with E-state index in [4.69, 9.17) is 0 Å². The van der Waals surface area contributed by atoms with Crippen LogP contribution >= 0.6 is 11.8 Å². The molecule has 6 atom stereocenters. The Morgan fingerprint density at radius 1 is 0.865 bits per heavy atom. The molecule has 1 N–H and O–H groups in total. The van der Waals surface area contributed by atoms with Gasteiger partial charge in [0.25, 0.3) is 0 Å². The van der Waals surface area contributed by atoms with E-state index in [0.29, 0.717) is 29.7 Å². The highest BCUT2D eigenvalue weighted by molar-refractivity contribution is 8.00. The molecule has 0 aromatic carbocycles. The molecule has 2 heterocycles. The number of nitrogens with zero attached hydrogens (tertiary/aromatic N) is 2. The van der Waals surface area contributed by atoms with Gasteiger partial charge in [0, 0.05) is 31.5 Å². The van der Waals surface area contributed by atoms with E-state index in [-0.39, 0.29) is 41.2 Å². The summed E-state index contributed by atoms with van der Waals surface area (Å²) in [5.41, 5.74) is 0. The molecular formula is C28H47N3O4S2. The van der Waals surface area contributed by atoms with E-state index in [0.717, 1.165) is 50.7 Å². The Morgan fingerprint density at radius 3 is 2.19 bits per heavy atom. The second-order valence-electron chi connectivity index (χ2n) is 12.7.